The van der Waals surface area contributed by atoms with Gasteiger partial charge in [-0.1, -0.05) is 6.92 Å². The molecule has 0 saturated heterocycles. The summed E-state index contributed by atoms with van der Waals surface area (Å²) in [6.07, 6.45) is 1.25. The largest absolute Gasteiger partial charge is 0.388 e. The minimum atomic E-state index is -1.01. The number of nitrogens with one attached hydrogen (secondary N) is 1. The van der Waals surface area contributed by atoms with Crippen molar-refractivity contribution in [1.29, 1.82) is 0 Å². The van der Waals surface area contributed by atoms with Crippen LogP contribution in [0.3, 0.4) is 0 Å². The van der Waals surface area contributed by atoms with Gasteiger partial charge in [-0.15, -0.1) is 0 Å². The van der Waals surface area contributed by atoms with Crippen LogP contribution in [0.15, 0.2) is 0 Å². The molecule has 0 aromatic carbocycles. The van der Waals surface area contributed by atoms with Crippen LogP contribution in [0.25, 0.3) is 0 Å². The molecule has 1 aromatic rings. The van der Waals surface area contributed by atoms with E-state index in [1.54, 1.807) is 25.6 Å². The lowest BCUT2D eigenvalue weighted by atomic mass is 10.0. The molecule has 1 atom stereocenters. The summed E-state index contributed by atoms with van der Waals surface area (Å²) in [5, 5.41) is 28.6. The van der Waals surface area contributed by atoms with Crippen LogP contribution < -0.4 is 5.32 Å². The lowest BCUT2D eigenvalue weighted by Gasteiger charge is -2.23. The molecular formula is C13H24N4O4. The summed E-state index contributed by atoms with van der Waals surface area (Å²) in [6.45, 7) is 6.44. The van der Waals surface area contributed by atoms with Crippen molar-refractivity contribution in [3.05, 3.63) is 15.8 Å². The summed E-state index contributed by atoms with van der Waals surface area (Å²) in [5.41, 5.74) is -0.683. The fourth-order valence-electron chi connectivity index (χ4n) is 2.02. The second-order valence-corrected chi connectivity index (χ2v) is 5.36. The summed E-state index contributed by atoms with van der Waals surface area (Å²) in [5.74, 6) is 0.344. The van der Waals surface area contributed by atoms with Gasteiger partial charge in [-0.05, 0) is 20.3 Å². The van der Waals surface area contributed by atoms with Gasteiger partial charge in [0.25, 0.3) is 0 Å². The van der Waals surface area contributed by atoms with E-state index in [0.717, 1.165) is 6.42 Å². The molecule has 1 aromatic heterocycles. The van der Waals surface area contributed by atoms with Crippen molar-refractivity contribution in [3.8, 4) is 0 Å². The van der Waals surface area contributed by atoms with E-state index in [9.17, 15) is 15.2 Å². The number of hydrogen-bond acceptors (Lipinski definition) is 6. The summed E-state index contributed by atoms with van der Waals surface area (Å²) < 4.78 is 6.53. The summed E-state index contributed by atoms with van der Waals surface area (Å²) in [6, 6.07) is 0. The molecule has 21 heavy (non-hydrogen) atoms. The van der Waals surface area contributed by atoms with Crippen molar-refractivity contribution < 1.29 is 14.8 Å². The number of aliphatic hydroxyl groups is 1. The number of nitro groups is 1. The average Bonchev–Trinajstić information content (AvgIpc) is 2.71. The first-order valence-corrected chi connectivity index (χ1v) is 6.99. The van der Waals surface area contributed by atoms with Gasteiger partial charge in [0.1, 0.15) is 5.69 Å². The molecule has 0 radical (unpaired) electrons. The maximum absolute atomic E-state index is 11.2. The van der Waals surface area contributed by atoms with Gasteiger partial charge in [-0.3, -0.25) is 10.1 Å². The van der Waals surface area contributed by atoms with Gasteiger partial charge in [-0.2, -0.15) is 5.10 Å². The first-order valence-electron chi connectivity index (χ1n) is 6.99. The molecule has 1 unspecified atom stereocenters. The maximum Gasteiger partial charge on any atom is 0.333 e. The first kappa shape index (κ1) is 17.4. The number of aromatic nitrogens is 2. The molecule has 2 N–H and O–H groups in total. The Morgan fingerprint density at radius 3 is 2.76 bits per heavy atom. The quantitative estimate of drug-likeness (QED) is 0.531. The van der Waals surface area contributed by atoms with Gasteiger partial charge in [0.2, 0.25) is 5.82 Å². The van der Waals surface area contributed by atoms with E-state index < -0.39 is 10.5 Å². The predicted octanol–water partition coefficient (Wildman–Crippen LogP) is 1.71. The zero-order valence-electron chi connectivity index (χ0n) is 13.0. The Balaban J connectivity index is 2.92. The first-order chi connectivity index (χ1) is 9.82. The van der Waals surface area contributed by atoms with Crippen LogP contribution in [0.1, 0.15) is 32.4 Å². The lowest BCUT2D eigenvalue weighted by Crippen LogP contribution is -2.35. The van der Waals surface area contributed by atoms with E-state index in [1.165, 1.54) is 0 Å². The maximum atomic E-state index is 11.2. The highest BCUT2D eigenvalue weighted by molar-refractivity contribution is 5.59. The number of nitrogens with zero attached hydrogens (tertiary/aromatic N) is 3. The summed E-state index contributed by atoms with van der Waals surface area (Å²) >= 11 is 0. The highest BCUT2D eigenvalue weighted by Gasteiger charge is 2.27. The van der Waals surface area contributed by atoms with Gasteiger partial charge in [0.15, 0.2) is 0 Å². The van der Waals surface area contributed by atoms with Crippen LogP contribution in [-0.2, 0) is 11.3 Å². The van der Waals surface area contributed by atoms with Gasteiger partial charge in [0.05, 0.1) is 10.5 Å². The minimum Gasteiger partial charge on any atom is -0.388 e. The summed E-state index contributed by atoms with van der Waals surface area (Å²) in [4.78, 5) is 10.7. The molecule has 0 aliphatic heterocycles. The molecule has 120 valence electrons. The standard InChI is InChI=1S/C13H24N4O4/c1-5-7-16-12(11(17(19)20)10(2)15-16)14-9-13(3,18)6-8-21-4/h14,18H,5-9H2,1-4H3. The second kappa shape index (κ2) is 7.37. The number of hydrogen-bond donors (Lipinski definition) is 2. The molecule has 0 aliphatic rings. The van der Waals surface area contributed by atoms with Crippen LogP contribution in [0.4, 0.5) is 11.5 Å². The lowest BCUT2D eigenvalue weighted by molar-refractivity contribution is -0.384. The van der Waals surface area contributed by atoms with E-state index in [-0.39, 0.29) is 12.2 Å². The van der Waals surface area contributed by atoms with E-state index >= 15 is 0 Å². The summed E-state index contributed by atoms with van der Waals surface area (Å²) in [7, 11) is 1.56. The number of rotatable bonds is 9. The van der Waals surface area contributed by atoms with Crippen LogP contribution in [-0.4, -0.2) is 45.7 Å². The topological polar surface area (TPSA) is 102 Å². The third-order valence-corrected chi connectivity index (χ3v) is 3.20. The molecular weight excluding hydrogens is 276 g/mol. The van der Waals surface area contributed by atoms with Crippen molar-refractivity contribution in [2.45, 2.75) is 45.8 Å². The smallest absolute Gasteiger partial charge is 0.333 e. The van der Waals surface area contributed by atoms with Crippen LogP contribution >= 0.6 is 0 Å². The Morgan fingerprint density at radius 2 is 2.24 bits per heavy atom. The average molecular weight is 300 g/mol. The van der Waals surface area contributed by atoms with E-state index in [1.807, 2.05) is 6.92 Å². The minimum absolute atomic E-state index is 0.0361. The Morgan fingerprint density at radius 1 is 1.57 bits per heavy atom. The van der Waals surface area contributed by atoms with E-state index in [0.29, 0.717) is 31.1 Å². The van der Waals surface area contributed by atoms with Gasteiger partial charge >= 0.3 is 5.69 Å². The van der Waals surface area contributed by atoms with Gasteiger partial charge in [-0.25, -0.2) is 4.68 Å². The highest BCUT2D eigenvalue weighted by Crippen LogP contribution is 2.29. The molecule has 0 fully saturated rings. The van der Waals surface area contributed by atoms with Crippen LogP contribution in [0.5, 0.6) is 0 Å². The van der Waals surface area contributed by atoms with Crippen molar-refractivity contribution in [1.82, 2.24) is 9.78 Å². The second-order valence-electron chi connectivity index (χ2n) is 5.36. The number of aryl methyl sites for hydroxylation is 2. The van der Waals surface area contributed by atoms with Gasteiger partial charge < -0.3 is 15.2 Å². The van der Waals surface area contributed by atoms with E-state index in [4.69, 9.17) is 4.74 Å². The Bertz CT molecular complexity index is 485. The van der Waals surface area contributed by atoms with Crippen molar-refractivity contribution in [2.24, 2.45) is 0 Å². The molecule has 0 spiro atoms. The molecule has 0 saturated carbocycles. The molecule has 0 amide bonds. The van der Waals surface area contributed by atoms with E-state index in [2.05, 4.69) is 10.4 Å². The Labute approximate surface area is 124 Å². The molecule has 0 bridgehead atoms. The monoisotopic (exact) mass is 300 g/mol. The SMILES string of the molecule is CCCn1nc(C)c([N+](=O)[O-])c1NCC(C)(O)CCOC. The third-order valence-electron chi connectivity index (χ3n) is 3.20. The van der Waals surface area contributed by atoms with Gasteiger partial charge in [0, 0.05) is 33.2 Å². The fraction of sp³-hybridized carbons (Fsp3) is 0.769. The van der Waals surface area contributed by atoms with Crippen molar-refractivity contribution in [2.75, 3.05) is 25.6 Å². The number of anilines is 1. The number of methoxy groups -OCH3 is 1. The fourth-order valence-corrected chi connectivity index (χ4v) is 2.02. The van der Waals surface area contributed by atoms with Crippen LogP contribution in [0.2, 0.25) is 0 Å². The molecule has 1 heterocycles. The Kier molecular flexibility index (Phi) is 6.10. The normalized spacial score (nSPS) is 14.0. The zero-order valence-corrected chi connectivity index (χ0v) is 13.0. The van der Waals surface area contributed by atoms with Crippen molar-refractivity contribution in [3.63, 3.8) is 0 Å². The highest BCUT2D eigenvalue weighted by atomic mass is 16.6. The number of ether oxygens (including phenoxy) is 1. The predicted molar refractivity (Wildman–Crippen MR) is 79.5 cm³/mol. The molecule has 8 nitrogen and oxygen atoms in total. The van der Waals surface area contributed by atoms with Crippen LogP contribution in [0, 0.1) is 17.0 Å². The third kappa shape index (κ3) is 4.68. The zero-order chi connectivity index (χ0) is 16.0. The molecule has 8 heteroatoms. The van der Waals surface area contributed by atoms with Crippen molar-refractivity contribution >= 4 is 11.5 Å². The molecule has 1 rings (SSSR count). The molecule has 0 aliphatic carbocycles. The Hall–Kier alpha value is -1.67.